The van der Waals surface area contributed by atoms with Crippen molar-refractivity contribution in [3.8, 4) is 0 Å². The van der Waals surface area contributed by atoms with Gasteiger partial charge in [0.25, 0.3) is 0 Å². The number of amides is 1. The lowest BCUT2D eigenvalue weighted by atomic mass is 10.1. The van der Waals surface area contributed by atoms with Gasteiger partial charge < -0.3 is 5.32 Å². The molecule has 6 nitrogen and oxygen atoms in total. The first kappa shape index (κ1) is 14.9. The third kappa shape index (κ3) is 4.01. The van der Waals surface area contributed by atoms with Crippen LogP contribution in [0.15, 0.2) is 24.3 Å². The van der Waals surface area contributed by atoms with E-state index in [0.717, 1.165) is 12.1 Å². The molecule has 0 radical (unpaired) electrons. The Balaban J connectivity index is 1.94. The number of aryl methyl sites for hydroxylation is 1. The number of tetrazole rings is 1. The third-order valence-corrected chi connectivity index (χ3v) is 2.77. The SMILES string of the molecule is Cn1nnnc1CC(=O)NCc1cccc(C(F)(F)F)c1. The highest BCUT2D eigenvalue weighted by Gasteiger charge is 2.30. The summed E-state index contributed by atoms with van der Waals surface area (Å²) in [6, 6.07) is 4.80. The highest BCUT2D eigenvalue weighted by Crippen LogP contribution is 2.29. The summed E-state index contributed by atoms with van der Waals surface area (Å²) >= 11 is 0. The third-order valence-electron chi connectivity index (χ3n) is 2.77. The van der Waals surface area contributed by atoms with Gasteiger partial charge >= 0.3 is 6.18 Å². The maximum absolute atomic E-state index is 12.6. The van der Waals surface area contributed by atoms with Gasteiger partial charge in [-0.25, -0.2) is 4.68 Å². The summed E-state index contributed by atoms with van der Waals surface area (Å²) in [5.41, 5.74) is -0.374. The van der Waals surface area contributed by atoms with E-state index in [2.05, 4.69) is 20.8 Å². The molecule has 0 saturated heterocycles. The van der Waals surface area contributed by atoms with Crippen LogP contribution in [0.25, 0.3) is 0 Å². The van der Waals surface area contributed by atoms with E-state index in [1.54, 1.807) is 7.05 Å². The molecule has 0 saturated carbocycles. The number of hydrogen-bond acceptors (Lipinski definition) is 4. The lowest BCUT2D eigenvalue weighted by molar-refractivity contribution is -0.137. The summed E-state index contributed by atoms with van der Waals surface area (Å²) in [6.07, 6.45) is -4.44. The molecule has 9 heteroatoms. The van der Waals surface area contributed by atoms with Gasteiger partial charge in [0.05, 0.1) is 12.0 Å². The molecule has 0 unspecified atom stereocenters. The predicted molar refractivity (Wildman–Crippen MR) is 65.8 cm³/mol. The second-order valence-corrected chi connectivity index (χ2v) is 4.37. The van der Waals surface area contributed by atoms with Gasteiger partial charge in [0, 0.05) is 13.6 Å². The minimum Gasteiger partial charge on any atom is -0.352 e. The van der Waals surface area contributed by atoms with E-state index in [-0.39, 0.29) is 18.9 Å². The fraction of sp³-hybridized carbons (Fsp3) is 0.333. The van der Waals surface area contributed by atoms with Crippen molar-refractivity contribution in [2.75, 3.05) is 0 Å². The number of hydrogen-bond donors (Lipinski definition) is 1. The average molecular weight is 299 g/mol. The first-order valence-corrected chi connectivity index (χ1v) is 6.00. The van der Waals surface area contributed by atoms with Crippen LogP contribution in [-0.4, -0.2) is 26.1 Å². The molecule has 0 bridgehead atoms. The monoisotopic (exact) mass is 299 g/mol. The maximum atomic E-state index is 12.6. The number of carbonyl (C=O) groups is 1. The minimum absolute atomic E-state index is 0.00797. The Hall–Kier alpha value is -2.45. The lowest BCUT2D eigenvalue weighted by Gasteiger charge is -2.09. The first-order valence-electron chi connectivity index (χ1n) is 6.00. The Morgan fingerprint density at radius 3 is 2.76 bits per heavy atom. The van der Waals surface area contributed by atoms with Crippen molar-refractivity contribution in [3.63, 3.8) is 0 Å². The zero-order valence-corrected chi connectivity index (χ0v) is 11.1. The molecule has 1 aromatic carbocycles. The number of aromatic nitrogens is 4. The van der Waals surface area contributed by atoms with Gasteiger partial charge in [-0.2, -0.15) is 13.2 Å². The van der Waals surface area contributed by atoms with Crippen LogP contribution in [0.1, 0.15) is 17.0 Å². The summed E-state index contributed by atoms with van der Waals surface area (Å²) in [5, 5.41) is 13.1. The van der Waals surface area contributed by atoms with Crippen molar-refractivity contribution in [1.82, 2.24) is 25.5 Å². The largest absolute Gasteiger partial charge is 0.416 e. The quantitative estimate of drug-likeness (QED) is 0.917. The number of nitrogens with one attached hydrogen (secondary N) is 1. The predicted octanol–water partition coefficient (Wildman–Crippen LogP) is 1.09. The number of benzene rings is 1. The van der Waals surface area contributed by atoms with E-state index in [4.69, 9.17) is 0 Å². The molecule has 2 rings (SSSR count). The molecular formula is C12H12F3N5O. The molecule has 112 valence electrons. The van der Waals surface area contributed by atoms with E-state index >= 15 is 0 Å². The van der Waals surface area contributed by atoms with Crippen LogP contribution in [0.3, 0.4) is 0 Å². The van der Waals surface area contributed by atoms with Gasteiger partial charge in [-0.1, -0.05) is 12.1 Å². The molecule has 1 aromatic heterocycles. The second-order valence-electron chi connectivity index (χ2n) is 4.37. The second kappa shape index (κ2) is 5.90. The maximum Gasteiger partial charge on any atom is 0.416 e. The molecule has 1 heterocycles. The van der Waals surface area contributed by atoms with Gasteiger partial charge in [-0.15, -0.1) is 5.10 Å². The average Bonchev–Trinajstić information content (AvgIpc) is 2.81. The lowest BCUT2D eigenvalue weighted by Crippen LogP contribution is -2.26. The van der Waals surface area contributed by atoms with Crippen LogP contribution in [0.4, 0.5) is 13.2 Å². The van der Waals surface area contributed by atoms with E-state index in [9.17, 15) is 18.0 Å². The summed E-state index contributed by atoms with van der Waals surface area (Å²) in [4.78, 5) is 11.7. The fourth-order valence-corrected chi connectivity index (χ4v) is 1.66. The Kier molecular flexibility index (Phi) is 4.20. The Morgan fingerprint density at radius 1 is 1.38 bits per heavy atom. The molecular weight excluding hydrogens is 287 g/mol. The molecule has 0 aliphatic carbocycles. The molecule has 0 aliphatic heterocycles. The van der Waals surface area contributed by atoms with Gasteiger partial charge in [0.1, 0.15) is 0 Å². The Morgan fingerprint density at radius 2 is 2.14 bits per heavy atom. The molecule has 2 aromatic rings. The highest BCUT2D eigenvalue weighted by molar-refractivity contribution is 5.77. The molecule has 1 N–H and O–H groups in total. The van der Waals surface area contributed by atoms with Crippen molar-refractivity contribution < 1.29 is 18.0 Å². The van der Waals surface area contributed by atoms with Gasteiger partial charge in [0.2, 0.25) is 5.91 Å². The van der Waals surface area contributed by atoms with E-state index in [0.29, 0.717) is 11.4 Å². The molecule has 0 aliphatic rings. The summed E-state index contributed by atoms with van der Waals surface area (Å²) in [7, 11) is 1.59. The molecule has 0 fully saturated rings. The van der Waals surface area contributed by atoms with Gasteiger partial charge in [-0.3, -0.25) is 4.79 Å². The summed E-state index contributed by atoms with van der Waals surface area (Å²) in [6.45, 7) is 0.00797. The van der Waals surface area contributed by atoms with Crippen LogP contribution in [0.5, 0.6) is 0 Å². The molecule has 1 amide bonds. The summed E-state index contributed by atoms with van der Waals surface area (Å²) < 4.78 is 39.0. The van der Waals surface area contributed by atoms with Crippen LogP contribution < -0.4 is 5.32 Å². The van der Waals surface area contributed by atoms with Crippen LogP contribution in [0.2, 0.25) is 0 Å². The Labute approximate surface area is 118 Å². The van der Waals surface area contributed by atoms with E-state index in [1.807, 2.05) is 0 Å². The van der Waals surface area contributed by atoms with Crippen molar-refractivity contribution in [1.29, 1.82) is 0 Å². The topological polar surface area (TPSA) is 72.7 Å². The minimum atomic E-state index is -4.40. The Bertz CT molecular complexity index is 638. The van der Waals surface area contributed by atoms with E-state index in [1.165, 1.54) is 16.8 Å². The number of carbonyl (C=O) groups excluding carboxylic acids is 1. The van der Waals surface area contributed by atoms with Crippen LogP contribution in [-0.2, 0) is 31.0 Å². The summed E-state index contributed by atoms with van der Waals surface area (Å²) in [5.74, 6) is 0.00172. The fourth-order valence-electron chi connectivity index (χ4n) is 1.66. The molecule has 0 spiro atoms. The van der Waals surface area contributed by atoms with Gasteiger partial charge in [0.15, 0.2) is 5.82 Å². The number of halogens is 3. The van der Waals surface area contributed by atoms with E-state index < -0.39 is 11.7 Å². The normalized spacial score (nSPS) is 11.4. The zero-order valence-electron chi connectivity index (χ0n) is 11.1. The zero-order chi connectivity index (χ0) is 15.5. The number of alkyl halides is 3. The highest BCUT2D eigenvalue weighted by atomic mass is 19.4. The van der Waals surface area contributed by atoms with Crippen molar-refractivity contribution in [2.45, 2.75) is 19.1 Å². The van der Waals surface area contributed by atoms with Crippen molar-refractivity contribution in [2.24, 2.45) is 7.05 Å². The molecule has 21 heavy (non-hydrogen) atoms. The van der Waals surface area contributed by atoms with Crippen molar-refractivity contribution >= 4 is 5.91 Å². The first-order chi connectivity index (χ1) is 9.86. The number of rotatable bonds is 4. The number of nitrogens with zero attached hydrogens (tertiary/aromatic N) is 4. The molecule has 0 atom stereocenters. The van der Waals surface area contributed by atoms with Crippen LogP contribution >= 0.6 is 0 Å². The van der Waals surface area contributed by atoms with Crippen LogP contribution in [0, 0.1) is 0 Å². The van der Waals surface area contributed by atoms with Gasteiger partial charge in [-0.05, 0) is 28.1 Å². The van der Waals surface area contributed by atoms with Crippen molar-refractivity contribution in [3.05, 3.63) is 41.2 Å². The standard InChI is InChI=1S/C12H12F3N5O/c1-20-10(17-18-19-20)6-11(21)16-7-8-3-2-4-9(5-8)12(13,14)15/h2-5H,6-7H2,1H3,(H,16,21). The smallest absolute Gasteiger partial charge is 0.352 e.